The Morgan fingerprint density at radius 1 is 1.10 bits per heavy atom. The molecule has 5 nitrogen and oxygen atoms in total. The number of nitrogens with zero attached hydrogens (tertiary/aromatic N) is 1. The van der Waals surface area contributed by atoms with Gasteiger partial charge in [0.2, 0.25) is 17.7 Å². The lowest BCUT2D eigenvalue weighted by molar-refractivity contribution is -0.140. The van der Waals surface area contributed by atoms with E-state index in [0.29, 0.717) is 0 Å². The van der Waals surface area contributed by atoms with Gasteiger partial charge in [-0.15, -0.1) is 11.3 Å². The number of likely N-dealkylation sites (tertiary alicyclic amines) is 1. The van der Waals surface area contributed by atoms with Crippen molar-refractivity contribution in [3.05, 3.63) is 57.8 Å². The van der Waals surface area contributed by atoms with Crippen LogP contribution >= 0.6 is 11.3 Å². The van der Waals surface area contributed by atoms with E-state index in [1.54, 1.807) is 11.3 Å². The van der Waals surface area contributed by atoms with Crippen molar-refractivity contribution in [2.45, 2.75) is 51.5 Å². The third-order valence-corrected chi connectivity index (χ3v) is 7.29. The second kappa shape index (κ2) is 9.13. The molecular weight excluding hydrogens is 396 g/mol. The van der Waals surface area contributed by atoms with Gasteiger partial charge in [-0.1, -0.05) is 50.1 Å². The number of nitrogens with one attached hydrogen (secondary N) is 1. The molecule has 3 amide bonds. The van der Waals surface area contributed by atoms with E-state index < -0.39 is 0 Å². The van der Waals surface area contributed by atoms with Gasteiger partial charge in [0.1, 0.15) is 0 Å². The number of imide groups is 1. The molecule has 3 atom stereocenters. The first-order valence-electron chi connectivity index (χ1n) is 10.8. The van der Waals surface area contributed by atoms with Crippen LogP contribution in [0, 0.1) is 11.8 Å². The molecule has 1 saturated heterocycles. The van der Waals surface area contributed by atoms with Crippen molar-refractivity contribution < 1.29 is 14.4 Å². The average molecular weight is 425 g/mol. The van der Waals surface area contributed by atoms with Gasteiger partial charge in [-0.25, -0.2) is 0 Å². The molecule has 1 saturated carbocycles. The summed E-state index contributed by atoms with van der Waals surface area (Å²) in [7, 11) is 0. The Kier molecular flexibility index (Phi) is 6.32. The topological polar surface area (TPSA) is 66.5 Å². The summed E-state index contributed by atoms with van der Waals surface area (Å²) in [6, 6.07) is 12.1. The van der Waals surface area contributed by atoms with Crippen LogP contribution in [0.5, 0.6) is 0 Å². The maximum Gasteiger partial charge on any atom is 0.233 e. The maximum atomic E-state index is 12.8. The summed E-state index contributed by atoms with van der Waals surface area (Å²) in [4.78, 5) is 40.4. The number of aryl methyl sites for hydroxylation is 1. The first-order chi connectivity index (χ1) is 14.6. The molecule has 2 heterocycles. The number of amides is 3. The number of fused-ring (bicyclic) bond motifs is 1. The number of carbonyl (C=O) groups is 3. The number of thiophene rings is 1. The van der Waals surface area contributed by atoms with Crippen molar-refractivity contribution in [1.29, 1.82) is 0 Å². The Morgan fingerprint density at radius 2 is 1.77 bits per heavy atom. The molecule has 1 aromatic heterocycles. The first-order valence-corrected chi connectivity index (χ1v) is 11.7. The summed E-state index contributed by atoms with van der Waals surface area (Å²) in [5.41, 5.74) is 2.28. The summed E-state index contributed by atoms with van der Waals surface area (Å²) < 4.78 is 0. The minimum Gasteiger partial charge on any atom is -0.344 e. The molecule has 0 radical (unpaired) electrons. The zero-order valence-corrected chi connectivity index (χ0v) is 18.1. The highest BCUT2D eigenvalue weighted by Crippen LogP contribution is 2.38. The Labute approximate surface area is 181 Å². The highest BCUT2D eigenvalue weighted by atomic mass is 32.1. The fourth-order valence-corrected chi connectivity index (χ4v) is 5.42. The Hall–Kier alpha value is -2.47. The lowest BCUT2D eigenvalue weighted by Crippen LogP contribution is -2.36. The van der Waals surface area contributed by atoms with E-state index in [2.05, 4.69) is 36.5 Å². The fourth-order valence-electron chi connectivity index (χ4n) is 4.62. The Bertz CT molecular complexity index is 883. The lowest BCUT2D eigenvalue weighted by Gasteiger charge is -2.20. The standard InChI is InChI=1S/C24H28N2O3S/c1-2-16-9-11-17(12-10-16)22(20-8-5-15-30-20)25-21(27)13-14-26-23(28)18-6-3-4-7-19(18)24(26)29/h5,8-12,15,18-19,22H,2-4,6-7,13-14H2,1H3,(H,25,27)/t18-,19+,22-/m1/s1. The van der Waals surface area contributed by atoms with Crippen molar-refractivity contribution in [3.8, 4) is 0 Å². The minimum atomic E-state index is -0.226. The highest BCUT2D eigenvalue weighted by molar-refractivity contribution is 7.10. The van der Waals surface area contributed by atoms with Gasteiger partial charge < -0.3 is 5.32 Å². The smallest absolute Gasteiger partial charge is 0.233 e. The van der Waals surface area contributed by atoms with Crippen LogP contribution in [-0.2, 0) is 20.8 Å². The van der Waals surface area contributed by atoms with E-state index in [-0.39, 0.29) is 48.6 Å². The molecule has 0 spiro atoms. The van der Waals surface area contributed by atoms with Crippen molar-refractivity contribution in [1.82, 2.24) is 10.2 Å². The molecule has 0 bridgehead atoms. The van der Waals surface area contributed by atoms with Gasteiger partial charge in [0, 0.05) is 17.8 Å². The largest absolute Gasteiger partial charge is 0.344 e. The molecule has 1 aliphatic carbocycles. The van der Waals surface area contributed by atoms with Crippen LogP contribution in [0.3, 0.4) is 0 Å². The number of hydrogen-bond acceptors (Lipinski definition) is 4. The summed E-state index contributed by atoms with van der Waals surface area (Å²) in [6.07, 6.45) is 4.71. The number of hydrogen-bond donors (Lipinski definition) is 1. The van der Waals surface area contributed by atoms with E-state index in [9.17, 15) is 14.4 Å². The molecule has 158 valence electrons. The third-order valence-electron chi connectivity index (χ3n) is 6.35. The molecule has 2 aliphatic rings. The minimum absolute atomic E-state index is 0.0811. The van der Waals surface area contributed by atoms with Gasteiger partial charge in [0.25, 0.3) is 0 Å². The van der Waals surface area contributed by atoms with E-state index >= 15 is 0 Å². The second-order valence-corrected chi connectivity index (χ2v) is 9.17. The van der Waals surface area contributed by atoms with Crippen LogP contribution in [0.25, 0.3) is 0 Å². The van der Waals surface area contributed by atoms with Gasteiger partial charge in [0.05, 0.1) is 17.9 Å². The molecule has 30 heavy (non-hydrogen) atoms. The van der Waals surface area contributed by atoms with E-state index in [4.69, 9.17) is 0 Å². The molecular formula is C24H28N2O3S. The van der Waals surface area contributed by atoms with Crippen molar-refractivity contribution in [3.63, 3.8) is 0 Å². The Morgan fingerprint density at radius 3 is 2.33 bits per heavy atom. The number of benzene rings is 1. The second-order valence-electron chi connectivity index (χ2n) is 8.19. The monoisotopic (exact) mass is 424 g/mol. The maximum absolute atomic E-state index is 12.8. The molecule has 4 rings (SSSR count). The van der Waals surface area contributed by atoms with Crippen LogP contribution in [0.2, 0.25) is 0 Å². The summed E-state index contributed by atoms with van der Waals surface area (Å²) in [5, 5.41) is 5.11. The predicted octanol–water partition coefficient (Wildman–Crippen LogP) is 4.08. The van der Waals surface area contributed by atoms with Gasteiger partial charge in [-0.2, -0.15) is 0 Å². The van der Waals surface area contributed by atoms with E-state index in [1.165, 1.54) is 10.5 Å². The van der Waals surface area contributed by atoms with Gasteiger partial charge in [-0.05, 0) is 41.8 Å². The van der Waals surface area contributed by atoms with Crippen LogP contribution in [0.15, 0.2) is 41.8 Å². The fraction of sp³-hybridized carbons (Fsp3) is 0.458. The molecule has 1 aromatic carbocycles. The number of carbonyl (C=O) groups excluding carboxylic acids is 3. The van der Waals surface area contributed by atoms with Crippen LogP contribution in [0.4, 0.5) is 0 Å². The average Bonchev–Trinajstić information content (AvgIpc) is 3.39. The van der Waals surface area contributed by atoms with Crippen molar-refractivity contribution in [2.24, 2.45) is 11.8 Å². The third kappa shape index (κ3) is 4.19. The molecule has 0 unspecified atom stereocenters. The van der Waals surface area contributed by atoms with Crippen LogP contribution in [-0.4, -0.2) is 29.2 Å². The summed E-state index contributed by atoms with van der Waals surface area (Å²) in [5.74, 6) is -0.635. The quantitative estimate of drug-likeness (QED) is 0.681. The molecule has 1 N–H and O–H groups in total. The SMILES string of the molecule is CCc1ccc([C@@H](NC(=O)CCN2C(=O)[C@H]3CCCC[C@H]3C2=O)c2cccs2)cc1. The van der Waals surface area contributed by atoms with Crippen molar-refractivity contribution >= 4 is 29.1 Å². The highest BCUT2D eigenvalue weighted by Gasteiger charge is 2.47. The zero-order chi connectivity index (χ0) is 21.1. The first kappa shape index (κ1) is 20.8. The Balaban J connectivity index is 1.42. The normalized spacial score (nSPS) is 22.1. The number of rotatable bonds is 7. The summed E-state index contributed by atoms with van der Waals surface area (Å²) in [6.45, 7) is 2.28. The predicted molar refractivity (Wildman–Crippen MR) is 117 cm³/mol. The van der Waals surface area contributed by atoms with E-state index in [1.807, 2.05) is 17.5 Å². The van der Waals surface area contributed by atoms with Gasteiger partial charge in [0.15, 0.2) is 0 Å². The molecule has 6 heteroatoms. The van der Waals surface area contributed by atoms with E-state index in [0.717, 1.165) is 42.5 Å². The zero-order valence-electron chi connectivity index (χ0n) is 17.3. The molecule has 2 fully saturated rings. The van der Waals surface area contributed by atoms with Crippen LogP contribution < -0.4 is 5.32 Å². The van der Waals surface area contributed by atoms with Gasteiger partial charge >= 0.3 is 0 Å². The lowest BCUT2D eigenvalue weighted by atomic mass is 9.81. The van der Waals surface area contributed by atoms with Crippen molar-refractivity contribution in [2.75, 3.05) is 6.54 Å². The molecule has 1 aliphatic heterocycles. The van der Waals surface area contributed by atoms with Crippen LogP contribution in [0.1, 0.15) is 61.1 Å². The summed E-state index contributed by atoms with van der Waals surface area (Å²) >= 11 is 1.60. The van der Waals surface area contributed by atoms with Gasteiger partial charge in [-0.3, -0.25) is 19.3 Å². The molecule has 2 aromatic rings.